The Labute approximate surface area is 171 Å². The normalized spacial score (nSPS) is 11.1. The first-order chi connectivity index (χ1) is 13.7. The molecule has 0 amide bonds. The molecular weight excluding hydrogens is 395 g/mol. The fraction of sp³-hybridized carbons (Fsp3) is 0.0952. The smallest absolute Gasteiger partial charge is 0.192 e. The Balaban J connectivity index is 1.67. The van der Waals surface area contributed by atoms with Crippen molar-refractivity contribution < 1.29 is 4.39 Å². The fourth-order valence-corrected chi connectivity index (χ4v) is 4.13. The summed E-state index contributed by atoms with van der Waals surface area (Å²) in [6.07, 6.45) is 3.50. The third-order valence-electron chi connectivity index (χ3n) is 4.30. The molecule has 140 valence electrons. The zero-order valence-corrected chi connectivity index (χ0v) is 16.4. The Morgan fingerprint density at radius 2 is 1.96 bits per heavy atom. The van der Waals surface area contributed by atoms with Gasteiger partial charge < -0.3 is 0 Å². The second kappa shape index (κ2) is 8.12. The lowest BCUT2D eigenvalue weighted by Gasteiger charge is -2.09. The van der Waals surface area contributed by atoms with Crippen molar-refractivity contribution in [2.75, 3.05) is 0 Å². The van der Waals surface area contributed by atoms with Crippen LogP contribution in [0.4, 0.5) is 4.39 Å². The highest BCUT2D eigenvalue weighted by atomic mass is 35.5. The van der Waals surface area contributed by atoms with Gasteiger partial charge in [-0.05, 0) is 35.9 Å². The van der Waals surface area contributed by atoms with Gasteiger partial charge >= 0.3 is 0 Å². The molecule has 0 aliphatic carbocycles. The predicted octanol–water partition coefficient (Wildman–Crippen LogP) is 5.76. The number of halogens is 2. The second-order valence-electron chi connectivity index (χ2n) is 6.08. The van der Waals surface area contributed by atoms with Crippen molar-refractivity contribution in [2.24, 2.45) is 0 Å². The van der Waals surface area contributed by atoms with Crippen LogP contribution in [0.5, 0.6) is 0 Å². The maximum Gasteiger partial charge on any atom is 0.192 e. The third-order valence-corrected chi connectivity index (χ3v) is 5.65. The number of rotatable bonds is 6. The van der Waals surface area contributed by atoms with Gasteiger partial charge in [0.25, 0.3) is 0 Å². The molecule has 28 heavy (non-hydrogen) atoms. The first-order valence-electron chi connectivity index (χ1n) is 8.63. The van der Waals surface area contributed by atoms with Crippen LogP contribution in [0.25, 0.3) is 22.3 Å². The molecule has 0 bridgehead atoms. The van der Waals surface area contributed by atoms with Crippen molar-refractivity contribution in [1.82, 2.24) is 19.7 Å². The quantitative estimate of drug-likeness (QED) is 0.299. The number of nitrogens with zero attached hydrogens (tertiary/aromatic N) is 4. The molecule has 0 fully saturated rings. The summed E-state index contributed by atoms with van der Waals surface area (Å²) in [6.45, 7) is 4.28. The van der Waals surface area contributed by atoms with E-state index >= 15 is 0 Å². The van der Waals surface area contributed by atoms with Gasteiger partial charge in [0.1, 0.15) is 5.82 Å². The molecule has 0 atom stereocenters. The van der Waals surface area contributed by atoms with E-state index in [0.717, 1.165) is 16.5 Å². The van der Waals surface area contributed by atoms with E-state index in [4.69, 9.17) is 11.6 Å². The summed E-state index contributed by atoms with van der Waals surface area (Å²) in [7, 11) is 0. The van der Waals surface area contributed by atoms with Crippen molar-refractivity contribution in [3.63, 3.8) is 0 Å². The van der Waals surface area contributed by atoms with Crippen molar-refractivity contribution in [1.29, 1.82) is 0 Å². The van der Waals surface area contributed by atoms with E-state index in [2.05, 4.69) is 21.8 Å². The van der Waals surface area contributed by atoms with Crippen molar-refractivity contribution in [3.8, 4) is 11.4 Å². The maximum absolute atomic E-state index is 14.2. The van der Waals surface area contributed by atoms with Crippen LogP contribution in [0.1, 0.15) is 5.56 Å². The van der Waals surface area contributed by atoms with Crippen LogP contribution >= 0.6 is 23.4 Å². The lowest BCUT2D eigenvalue weighted by atomic mass is 10.1. The van der Waals surface area contributed by atoms with Gasteiger partial charge in [0.05, 0.1) is 11.1 Å². The van der Waals surface area contributed by atoms with Crippen LogP contribution in [0.15, 0.2) is 72.5 Å². The number of aromatic nitrogens is 4. The first-order valence-corrected chi connectivity index (χ1v) is 9.99. The van der Waals surface area contributed by atoms with Crippen molar-refractivity contribution in [2.45, 2.75) is 17.5 Å². The molecule has 0 aliphatic heterocycles. The molecule has 2 aromatic heterocycles. The molecule has 0 N–H and O–H groups in total. The Kier molecular flexibility index (Phi) is 5.41. The lowest BCUT2D eigenvalue weighted by Crippen LogP contribution is -2.02. The highest BCUT2D eigenvalue weighted by Crippen LogP contribution is 2.31. The summed E-state index contributed by atoms with van der Waals surface area (Å²) in [4.78, 5) is 4.47. The molecule has 0 saturated heterocycles. The van der Waals surface area contributed by atoms with Crippen LogP contribution in [0, 0.1) is 5.82 Å². The van der Waals surface area contributed by atoms with Gasteiger partial charge in [0.15, 0.2) is 11.0 Å². The van der Waals surface area contributed by atoms with Gasteiger partial charge in [-0.3, -0.25) is 9.55 Å². The summed E-state index contributed by atoms with van der Waals surface area (Å²) >= 11 is 7.80. The first kappa shape index (κ1) is 18.7. The Hall–Kier alpha value is -2.70. The molecule has 0 spiro atoms. The highest BCUT2D eigenvalue weighted by Gasteiger charge is 2.17. The summed E-state index contributed by atoms with van der Waals surface area (Å²) in [6, 6.07) is 14.2. The molecule has 0 aliphatic rings. The number of hydrogen-bond donors (Lipinski definition) is 0. The minimum absolute atomic E-state index is 0.329. The standard InChI is InChI=1S/C21H16ClFN4S/c1-2-12-27-20(16-6-3-4-8-18(16)23)25-26-21(27)28-13-14-9-10-17(22)15-7-5-11-24-19(14)15/h2-11H,1,12-13H2. The van der Waals surface area contributed by atoms with Crippen LogP contribution in [-0.2, 0) is 12.3 Å². The third kappa shape index (κ3) is 3.53. The molecule has 0 unspecified atom stereocenters. The molecule has 2 aromatic carbocycles. The van der Waals surface area contributed by atoms with Gasteiger partial charge in [-0.2, -0.15) is 0 Å². The van der Waals surface area contributed by atoms with Crippen LogP contribution in [0.3, 0.4) is 0 Å². The molecule has 7 heteroatoms. The minimum atomic E-state index is -0.329. The molecular formula is C21H16ClFN4S. The van der Waals surface area contributed by atoms with Gasteiger partial charge in [-0.25, -0.2) is 4.39 Å². The number of allylic oxidation sites excluding steroid dienone is 1. The van der Waals surface area contributed by atoms with Crippen molar-refractivity contribution in [3.05, 3.63) is 83.8 Å². The average molecular weight is 411 g/mol. The number of benzene rings is 2. The van der Waals surface area contributed by atoms with Crippen molar-refractivity contribution >= 4 is 34.3 Å². The number of pyridine rings is 1. The summed E-state index contributed by atoms with van der Waals surface area (Å²) < 4.78 is 16.1. The van der Waals surface area contributed by atoms with Crippen LogP contribution in [-0.4, -0.2) is 19.7 Å². The molecule has 0 radical (unpaired) electrons. The maximum atomic E-state index is 14.2. The fourth-order valence-electron chi connectivity index (χ4n) is 2.99. The van der Waals surface area contributed by atoms with Gasteiger partial charge in [-0.1, -0.05) is 47.6 Å². The van der Waals surface area contributed by atoms with E-state index in [1.807, 2.05) is 28.8 Å². The zero-order chi connectivity index (χ0) is 19.5. The number of hydrogen-bond acceptors (Lipinski definition) is 4. The van der Waals surface area contributed by atoms with E-state index in [9.17, 15) is 4.39 Å². The van der Waals surface area contributed by atoms with Crippen LogP contribution in [0.2, 0.25) is 5.02 Å². The summed E-state index contributed by atoms with van der Waals surface area (Å²) in [5.74, 6) is 0.793. The average Bonchev–Trinajstić information content (AvgIpc) is 3.11. The van der Waals surface area contributed by atoms with E-state index < -0.39 is 0 Å². The van der Waals surface area contributed by atoms with Gasteiger partial charge in [0.2, 0.25) is 0 Å². The zero-order valence-electron chi connectivity index (χ0n) is 14.8. The molecule has 4 rings (SSSR count). The van der Waals surface area contributed by atoms with Gasteiger partial charge in [-0.15, -0.1) is 16.8 Å². The largest absolute Gasteiger partial charge is 0.298 e. The molecule has 4 aromatic rings. The van der Waals surface area contributed by atoms with Gasteiger partial charge in [0, 0.05) is 28.9 Å². The number of fused-ring (bicyclic) bond motifs is 1. The summed E-state index contributed by atoms with van der Waals surface area (Å²) in [5.41, 5.74) is 2.33. The number of thioether (sulfide) groups is 1. The Morgan fingerprint density at radius 3 is 2.79 bits per heavy atom. The van der Waals surface area contributed by atoms with E-state index in [1.165, 1.54) is 17.8 Å². The van der Waals surface area contributed by atoms with Crippen LogP contribution < -0.4 is 0 Å². The van der Waals surface area contributed by atoms with E-state index in [0.29, 0.717) is 33.9 Å². The highest BCUT2D eigenvalue weighted by molar-refractivity contribution is 7.98. The minimum Gasteiger partial charge on any atom is -0.298 e. The molecule has 2 heterocycles. The predicted molar refractivity (Wildman–Crippen MR) is 112 cm³/mol. The Bertz CT molecular complexity index is 1160. The monoisotopic (exact) mass is 410 g/mol. The molecule has 4 nitrogen and oxygen atoms in total. The molecule has 0 saturated carbocycles. The topological polar surface area (TPSA) is 43.6 Å². The second-order valence-corrected chi connectivity index (χ2v) is 7.43. The summed E-state index contributed by atoms with van der Waals surface area (Å²) in [5, 5.41) is 10.8. The Morgan fingerprint density at radius 1 is 1.11 bits per heavy atom. The SMILES string of the molecule is C=CCn1c(SCc2ccc(Cl)c3cccnc23)nnc1-c1ccccc1F. The van der Waals surface area contributed by atoms with E-state index in [1.54, 1.807) is 30.5 Å². The van der Waals surface area contributed by atoms with E-state index in [-0.39, 0.29) is 5.82 Å². The lowest BCUT2D eigenvalue weighted by molar-refractivity contribution is 0.626.